The van der Waals surface area contributed by atoms with E-state index in [4.69, 9.17) is 4.74 Å². The zero-order valence-corrected chi connectivity index (χ0v) is 16.2. The fourth-order valence-corrected chi connectivity index (χ4v) is 3.33. The van der Waals surface area contributed by atoms with Gasteiger partial charge in [0, 0.05) is 24.3 Å². The Morgan fingerprint density at radius 1 is 0.929 bits per heavy atom. The van der Waals surface area contributed by atoms with Gasteiger partial charge in [-0.05, 0) is 30.4 Å². The summed E-state index contributed by atoms with van der Waals surface area (Å²) in [5, 5.41) is 0. The van der Waals surface area contributed by atoms with Crippen molar-refractivity contribution in [3.8, 4) is 0 Å². The van der Waals surface area contributed by atoms with E-state index in [1.165, 1.54) is 5.56 Å². The van der Waals surface area contributed by atoms with Crippen LogP contribution in [-0.4, -0.2) is 16.2 Å². The molecule has 2 aromatic carbocycles. The molecule has 0 atom stereocenters. The average molecular weight is 378 g/mol. The predicted octanol–water partition coefficient (Wildman–Crippen LogP) is 3.30. The summed E-state index contributed by atoms with van der Waals surface area (Å²) in [6.07, 6.45) is 2.89. The second-order valence-corrected chi connectivity index (χ2v) is 6.75. The molecule has 5 heteroatoms. The molecule has 0 saturated heterocycles. The summed E-state index contributed by atoms with van der Waals surface area (Å²) in [7, 11) is 0. The van der Waals surface area contributed by atoms with Crippen LogP contribution in [0.4, 0.5) is 0 Å². The zero-order chi connectivity index (χ0) is 19.8. The Kier molecular flexibility index (Phi) is 6.98. The molecule has 3 aromatic rings. The third kappa shape index (κ3) is 5.08. The Morgan fingerprint density at radius 2 is 1.57 bits per heavy atom. The fourth-order valence-electron chi connectivity index (χ4n) is 3.33. The van der Waals surface area contributed by atoms with Crippen molar-refractivity contribution in [3.63, 3.8) is 0 Å². The van der Waals surface area contributed by atoms with Crippen molar-refractivity contribution < 1.29 is 4.74 Å². The molecule has 0 saturated carbocycles. The van der Waals surface area contributed by atoms with Crippen molar-refractivity contribution in [2.75, 3.05) is 6.61 Å². The van der Waals surface area contributed by atoms with E-state index in [1.54, 1.807) is 4.57 Å². The third-order valence-electron chi connectivity index (χ3n) is 4.80. The van der Waals surface area contributed by atoms with Crippen molar-refractivity contribution in [1.29, 1.82) is 0 Å². The number of hydrogen-bond acceptors (Lipinski definition) is 3. The number of nitrogens with one attached hydrogen (secondary N) is 1. The summed E-state index contributed by atoms with van der Waals surface area (Å²) in [6.45, 7) is 2.61. The lowest BCUT2D eigenvalue weighted by molar-refractivity contribution is 0.0701. The number of hydrogen-bond donors (Lipinski definition) is 1. The van der Waals surface area contributed by atoms with E-state index in [0.29, 0.717) is 25.0 Å². The lowest BCUT2D eigenvalue weighted by Gasteiger charge is -2.16. The topological polar surface area (TPSA) is 64.1 Å². The minimum Gasteiger partial charge on any atom is -0.361 e. The fraction of sp³-hybridized carbons (Fsp3) is 0.304. The molecule has 0 aliphatic carbocycles. The van der Waals surface area contributed by atoms with Crippen LogP contribution in [-0.2, 0) is 30.7 Å². The van der Waals surface area contributed by atoms with Gasteiger partial charge in [-0.25, -0.2) is 4.79 Å². The summed E-state index contributed by atoms with van der Waals surface area (Å²) >= 11 is 0. The van der Waals surface area contributed by atoms with E-state index in [0.717, 1.165) is 24.1 Å². The molecule has 0 aliphatic heterocycles. The van der Waals surface area contributed by atoms with E-state index < -0.39 is 5.69 Å². The molecule has 1 N–H and O–H groups in total. The van der Waals surface area contributed by atoms with Crippen molar-refractivity contribution in [3.05, 3.63) is 104 Å². The zero-order valence-electron chi connectivity index (χ0n) is 16.2. The van der Waals surface area contributed by atoms with Crippen molar-refractivity contribution >= 4 is 0 Å². The highest BCUT2D eigenvalue weighted by atomic mass is 16.5. The maximum absolute atomic E-state index is 12.4. The maximum atomic E-state index is 12.4. The number of ether oxygens (including phenoxy) is 1. The number of aromatic amines is 1. The standard InChI is InChI=1S/C23H26N2O3/c1-2-20-21(16-19-12-7-4-8-13-19)25(23(27)24-22(20)26)17-28-15-9-14-18-10-5-3-6-11-18/h3-8,10-13H,2,9,14-17H2,1H3,(H,24,26,27). The highest BCUT2D eigenvalue weighted by Crippen LogP contribution is 2.11. The summed E-state index contributed by atoms with van der Waals surface area (Å²) in [5.41, 5.74) is 2.96. The molecule has 28 heavy (non-hydrogen) atoms. The Bertz CT molecular complexity index is 992. The molecule has 146 valence electrons. The Balaban J connectivity index is 1.72. The second-order valence-electron chi connectivity index (χ2n) is 6.75. The van der Waals surface area contributed by atoms with E-state index in [2.05, 4.69) is 17.1 Å². The Hall–Kier alpha value is -2.92. The second kappa shape index (κ2) is 9.85. The van der Waals surface area contributed by atoms with Gasteiger partial charge in [-0.2, -0.15) is 0 Å². The summed E-state index contributed by atoms with van der Waals surface area (Å²) in [5.74, 6) is 0. The van der Waals surface area contributed by atoms with Gasteiger partial charge in [0.1, 0.15) is 6.73 Å². The van der Waals surface area contributed by atoms with Gasteiger partial charge in [-0.3, -0.25) is 14.3 Å². The summed E-state index contributed by atoms with van der Waals surface area (Å²) < 4.78 is 7.33. The molecular weight excluding hydrogens is 352 g/mol. The van der Waals surface area contributed by atoms with Gasteiger partial charge in [-0.15, -0.1) is 0 Å². The van der Waals surface area contributed by atoms with Crippen LogP contribution in [0, 0.1) is 0 Å². The number of aryl methyl sites for hydroxylation is 1. The van der Waals surface area contributed by atoms with Crippen LogP contribution in [0.15, 0.2) is 70.3 Å². The van der Waals surface area contributed by atoms with Crippen LogP contribution < -0.4 is 11.2 Å². The first-order chi connectivity index (χ1) is 13.7. The molecular formula is C23H26N2O3. The number of nitrogens with zero attached hydrogens (tertiary/aromatic N) is 1. The van der Waals surface area contributed by atoms with Gasteiger partial charge in [0.25, 0.3) is 5.56 Å². The average Bonchev–Trinajstić information content (AvgIpc) is 2.71. The van der Waals surface area contributed by atoms with Gasteiger partial charge in [0.05, 0.1) is 0 Å². The minimum absolute atomic E-state index is 0.138. The van der Waals surface area contributed by atoms with Crippen molar-refractivity contribution in [2.24, 2.45) is 0 Å². The Labute approximate surface area is 164 Å². The van der Waals surface area contributed by atoms with E-state index >= 15 is 0 Å². The van der Waals surface area contributed by atoms with E-state index in [1.807, 2.05) is 55.5 Å². The molecule has 0 unspecified atom stereocenters. The van der Waals surface area contributed by atoms with Crippen LogP contribution in [0.1, 0.15) is 35.7 Å². The number of rotatable bonds is 9. The molecule has 0 bridgehead atoms. The third-order valence-corrected chi connectivity index (χ3v) is 4.80. The monoisotopic (exact) mass is 378 g/mol. The number of benzene rings is 2. The predicted molar refractivity (Wildman–Crippen MR) is 111 cm³/mol. The molecule has 3 rings (SSSR count). The maximum Gasteiger partial charge on any atom is 0.330 e. The smallest absolute Gasteiger partial charge is 0.330 e. The number of aromatic nitrogens is 2. The van der Waals surface area contributed by atoms with Gasteiger partial charge in [-0.1, -0.05) is 67.6 Å². The lowest BCUT2D eigenvalue weighted by Crippen LogP contribution is -2.36. The van der Waals surface area contributed by atoms with Gasteiger partial charge in [0.15, 0.2) is 0 Å². The van der Waals surface area contributed by atoms with Crippen LogP contribution >= 0.6 is 0 Å². The number of H-pyrrole nitrogens is 1. The van der Waals surface area contributed by atoms with Gasteiger partial charge in [0.2, 0.25) is 0 Å². The molecule has 0 amide bonds. The van der Waals surface area contributed by atoms with Crippen LogP contribution in [0.5, 0.6) is 0 Å². The quantitative estimate of drug-likeness (QED) is 0.581. The van der Waals surface area contributed by atoms with Crippen molar-refractivity contribution in [1.82, 2.24) is 9.55 Å². The molecule has 0 radical (unpaired) electrons. The van der Waals surface area contributed by atoms with E-state index in [9.17, 15) is 9.59 Å². The van der Waals surface area contributed by atoms with Crippen LogP contribution in [0.25, 0.3) is 0 Å². The first kappa shape index (κ1) is 19.8. The van der Waals surface area contributed by atoms with Crippen molar-refractivity contribution in [2.45, 2.75) is 39.3 Å². The van der Waals surface area contributed by atoms with E-state index in [-0.39, 0.29) is 12.3 Å². The molecule has 1 aromatic heterocycles. The highest BCUT2D eigenvalue weighted by molar-refractivity contribution is 5.27. The normalized spacial score (nSPS) is 10.9. The molecule has 0 aliphatic rings. The lowest BCUT2D eigenvalue weighted by atomic mass is 10.0. The summed E-state index contributed by atoms with van der Waals surface area (Å²) in [4.78, 5) is 27.1. The first-order valence-electron chi connectivity index (χ1n) is 9.69. The highest BCUT2D eigenvalue weighted by Gasteiger charge is 2.14. The largest absolute Gasteiger partial charge is 0.361 e. The van der Waals surface area contributed by atoms with Crippen LogP contribution in [0.3, 0.4) is 0 Å². The Morgan fingerprint density at radius 3 is 2.21 bits per heavy atom. The first-order valence-corrected chi connectivity index (χ1v) is 9.69. The minimum atomic E-state index is -0.420. The van der Waals surface area contributed by atoms with Gasteiger partial charge < -0.3 is 4.74 Å². The molecule has 1 heterocycles. The SMILES string of the molecule is CCc1c(Cc2ccccc2)n(COCCCc2ccccc2)c(=O)[nH]c1=O. The molecule has 0 spiro atoms. The molecule has 5 nitrogen and oxygen atoms in total. The molecule has 0 fully saturated rings. The van der Waals surface area contributed by atoms with Gasteiger partial charge >= 0.3 is 5.69 Å². The van der Waals surface area contributed by atoms with Crippen LogP contribution in [0.2, 0.25) is 0 Å². The summed E-state index contributed by atoms with van der Waals surface area (Å²) in [6, 6.07) is 20.1.